The van der Waals surface area contributed by atoms with Gasteiger partial charge in [0.15, 0.2) is 0 Å². The van der Waals surface area contributed by atoms with Gasteiger partial charge in [-0.15, -0.1) is 0 Å². The number of anilines is 2. The molecule has 1 aromatic rings. The Hall–Kier alpha value is -2.08. The number of aliphatic hydroxyl groups excluding tert-OH is 1. The largest absolute Gasteiger partial charge is 0.393 e. The summed E-state index contributed by atoms with van der Waals surface area (Å²) in [6.07, 6.45) is 10.6. The Labute approximate surface area is 197 Å². The van der Waals surface area contributed by atoms with Gasteiger partial charge < -0.3 is 20.2 Å². The summed E-state index contributed by atoms with van der Waals surface area (Å²) in [5, 5.41) is 13.0. The van der Waals surface area contributed by atoms with Gasteiger partial charge in [0.05, 0.1) is 11.5 Å². The first-order chi connectivity index (χ1) is 15.9. The minimum atomic E-state index is -0.268. The number of amides is 2. The van der Waals surface area contributed by atoms with Crippen LogP contribution in [0.5, 0.6) is 0 Å². The van der Waals surface area contributed by atoms with Crippen molar-refractivity contribution in [1.29, 1.82) is 0 Å². The van der Waals surface area contributed by atoms with E-state index in [9.17, 15) is 14.7 Å². The second kappa shape index (κ2) is 9.28. The molecule has 2 aliphatic heterocycles. The highest BCUT2D eigenvalue weighted by molar-refractivity contribution is 5.93. The zero-order valence-electron chi connectivity index (χ0n) is 20.0. The first-order valence-electron chi connectivity index (χ1n) is 13.1. The van der Waals surface area contributed by atoms with E-state index in [0.717, 1.165) is 102 Å². The van der Waals surface area contributed by atoms with E-state index in [1.54, 1.807) is 0 Å². The summed E-state index contributed by atoms with van der Waals surface area (Å²) in [6.45, 7) is 4.72. The lowest BCUT2D eigenvalue weighted by Gasteiger charge is -2.42. The van der Waals surface area contributed by atoms with Gasteiger partial charge in [-0.05, 0) is 88.5 Å². The highest BCUT2D eigenvalue weighted by Crippen LogP contribution is 2.44. The summed E-state index contributed by atoms with van der Waals surface area (Å²) >= 11 is 0. The van der Waals surface area contributed by atoms with Gasteiger partial charge >= 0.3 is 0 Å². The number of likely N-dealkylation sites (tertiary alicyclic amines) is 1. The number of nitrogens with one attached hydrogen (secondary N) is 1. The molecule has 5 rings (SSSR count). The van der Waals surface area contributed by atoms with Crippen LogP contribution in [0.1, 0.15) is 76.2 Å². The maximum Gasteiger partial charge on any atom is 0.230 e. The van der Waals surface area contributed by atoms with Crippen LogP contribution in [0.15, 0.2) is 18.2 Å². The number of hydrogen-bond acceptors (Lipinski definition) is 4. The molecule has 2 saturated heterocycles. The fourth-order valence-corrected chi connectivity index (χ4v) is 6.80. The normalized spacial score (nSPS) is 30.9. The Morgan fingerprint density at radius 2 is 1.79 bits per heavy atom. The number of rotatable bonds is 4. The molecular formula is C27H39N3O3. The van der Waals surface area contributed by atoms with Gasteiger partial charge in [-0.1, -0.05) is 12.8 Å². The van der Waals surface area contributed by atoms with Gasteiger partial charge in [0.25, 0.3) is 0 Å². The zero-order valence-corrected chi connectivity index (χ0v) is 20.0. The zero-order chi connectivity index (χ0) is 23.0. The molecule has 0 bridgehead atoms. The van der Waals surface area contributed by atoms with Crippen molar-refractivity contribution >= 4 is 23.2 Å². The number of aryl methyl sites for hydroxylation is 1. The van der Waals surface area contributed by atoms with Crippen LogP contribution in [0.3, 0.4) is 0 Å². The van der Waals surface area contributed by atoms with Crippen molar-refractivity contribution in [1.82, 2.24) is 4.90 Å². The smallest absolute Gasteiger partial charge is 0.230 e. The summed E-state index contributed by atoms with van der Waals surface area (Å²) in [5.41, 5.74) is 2.94. The van der Waals surface area contributed by atoms with Gasteiger partial charge in [-0.2, -0.15) is 0 Å². The average molecular weight is 454 g/mol. The molecule has 0 radical (unpaired) electrons. The van der Waals surface area contributed by atoms with Crippen LogP contribution >= 0.6 is 0 Å². The first-order valence-corrected chi connectivity index (χ1v) is 13.1. The fraction of sp³-hybridized carbons (Fsp3) is 0.704. The van der Waals surface area contributed by atoms with Gasteiger partial charge in [0.1, 0.15) is 0 Å². The molecular weight excluding hydrogens is 414 g/mol. The Bertz CT molecular complexity index is 889. The lowest BCUT2D eigenvalue weighted by molar-refractivity contribution is -0.139. The van der Waals surface area contributed by atoms with E-state index in [2.05, 4.69) is 34.2 Å². The van der Waals surface area contributed by atoms with Crippen LogP contribution in [0.2, 0.25) is 0 Å². The first kappa shape index (κ1) is 22.7. The molecule has 0 aromatic heterocycles. The summed E-state index contributed by atoms with van der Waals surface area (Å²) in [4.78, 5) is 30.7. The number of piperidine rings is 1. The molecule has 4 aliphatic rings. The van der Waals surface area contributed by atoms with Crippen LogP contribution in [-0.2, 0) is 9.59 Å². The highest BCUT2D eigenvalue weighted by atomic mass is 16.3. The minimum absolute atomic E-state index is 0.156. The van der Waals surface area contributed by atoms with E-state index in [0.29, 0.717) is 11.9 Å². The topological polar surface area (TPSA) is 72.9 Å². The van der Waals surface area contributed by atoms with Crippen LogP contribution in [0.4, 0.5) is 11.4 Å². The van der Waals surface area contributed by atoms with Crippen LogP contribution in [-0.4, -0.2) is 53.6 Å². The van der Waals surface area contributed by atoms with Crippen molar-refractivity contribution in [2.24, 2.45) is 11.3 Å². The Morgan fingerprint density at radius 3 is 2.52 bits per heavy atom. The number of carbonyl (C=O) groups is 2. The number of carbonyl (C=O) groups excluding carboxylic acids is 2. The molecule has 2 saturated carbocycles. The third kappa shape index (κ3) is 4.51. The van der Waals surface area contributed by atoms with Gasteiger partial charge in [0.2, 0.25) is 11.8 Å². The molecule has 4 fully saturated rings. The van der Waals surface area contributed by atoms with Crippen LogP contribution in [0, 0.1) is 18.3 Å². The van der Waals surface area contributed by atoms with Gasteiger partial charge in [-0.3, -0.25) is 9.59 Å². The second-order valence-corrected chi connectivity index (χ2v) is 11.0. The van der Waals surface area contributed by atoms with Crippen molar-refractivity contribution in [2.75, 3.05) is 29.9 Å². The molecule has 2 N–H and O–H groups in total. The summed E-state index contributed by atoms with van der Waals surface area (Å²) < 4.78 is 0. The van der Waals surface area contributed by atoms with Gasteiger partial charge in [0, 0.05) is 43.0 Å². The number of nitrogens with zero attached hydrogens (tertiary/aromatic N) is 2. The third-order valence-electron chi connectivity index (χ3n) is 8.76. The molecule has 1 aromatic carbocycles. The molecule has 180 valence electrons. The lowest BCUT2D eigenvalue weighted by Crippen LogP contribution is -2.50. The standard InChI is InChI=1S/C27H39N3O3/c1-19-17-21(28-25(32)20-5-2-3-6-20)7-12-24(19)29-15-4-13-27(18-29)14-16-30(26(27)33)22-8-10-23(31)11-9-22/h7,12,17,20,22-23,31H,2-6,8-11,13-16,18H2,1H3,(H,28,32)/t22?,23?,27-/m1/s1. The predicted molar refractivity (Wildman–Crippen MR) is 130 cm³/mol. The maximum absolute atomic E-state index is 13.6. The molecule has 2 heterocycles. The summed E-state index contributed by atoms with van der Waals surface area (Å²) in [5.74, 6) is 0.658. The van der Waals surface area contributed by atoms with Crippen molar-refractivity contribution in [2.45, 2.75) is 89.7 Å². The Morgan fingerprint density at radius 1 is 1.03 bits per heavy atom. The number of hydrogen-bond donors (Lipinski definition) is 2. The third-order valence-corrected chi connectivity index (χ3v) is 8.76. The van der Waals surface area contributed by atoms with Crippen LogP contribution < -0.4 is 10.2 Å². The monoisotopic (exact) mass is 453 g/mol. The molecule has 33 heavy (non-hydrogen) atoms. The van der Waals surface area contributed by atoms with E-state index in [1.807, 2.05) is 6.07 Å². The minimum Gasteiger partial charge on any atom is -0.393 e. The Balaban J connectivity index is 1.26. The average Bonchev–Trinajstić information content (AvgIpc) is 3.45. The van der Waals surface area contributed by atoms with Crippen molar-refractivity contribution in [3.05, 3.63) is 23.8 Å². The Kier molecular flexibility index (Phi) is 6.39. The molecule has 6 heteroatoms. The van der Waals surface area contributed by atoms with Crippen molar-refractivity contribution in [3.8, 4) is 0 Å². The summed E-state index contributed by atoms with van der Waals surface area (Å²) in [6, 6.07) is 6.53. The number of benzene rings is 1. The van der Waals surface area contributed by atoms with E-state index in [1.165, 1.54) is 5.69 Å². The summed E-state index contributed by atoms with van der Waals surface area (Å²) in [7, 11) is 0. The van der Waals surface area contributed by atoms with E-state index in [4.69, 9.17) is 0 Å². The van der Waals surface area contributed by atoms with E-state index < -0.39 is 0 Å². The molecule has 1 atom stereocenters. The molecule has 6 nitrogen and oxygen atoms in total. The quantitative estimate of drug-likeness (QED) is 0.715. The van der Waals surface area contributed by atoms with Crippen LogP contribution in [0.25, 0.3) is 0 Å². The molecule has 0 unspecified atom stereocenters. The molecule has 2 amide bonds. The predicted octanol–water partition coefficient (Wildman–Crippen LogP) is 4.25. The van der Waals surface area contributed by atoms with Crippen molar-refractivity contribution < 1.29 is 14.7 Å². The van der Waals surface area contributed by atoms with Crippen molar-refractivity contribution in [3.63, 3.8) is 0 Å². The van der Waals surface area contributed by atoms with E-state index >= 15 is 0 Å². The molecule has 2 aliphatic carbocycles. The fourth-order valence-electron chi connectivity index (χ4n) is 6.80. The van der Waals surface area contributed by atoms with Gasteiger partial charge in [-0.25, -0.2) is 0 Å². The van der Waals surface area contributed by atoms with E-state index in [-0.39, 0.29) is 23.3 Å². The maximum atomic E-state index is 13.6. The molecule has 1 spiro atoms. The second-order valence-electron chi connectivity index (χ2n) is 11.0. The SMILES string of the molecule is Cc1cc(NC(=O)C2CCCC2)ccc1N1CCC[C@@]2(CCN(C3CCC(O)CC3)C2=O)C1. The lowest BCUT2D eigenvalue weighted by atomic mass is 9.78. The number of aliphatic hydroxyl groups is 1. The highest BCUT2D eigenvalue weighted by Gasteiger charge is 2.50.